The molecule has 0 aliphatic carbocycles. The lowest BCUT2D eigenvalue weighted by Crippen LogP contribution is -1.99. The third-order valence-corrected chi connectivity index (χ3v) is 4.33. The summed E-state index contributed by atoms with van der Waals surface area (Å²) in [6, 6.07) is 5.31. The maximum Gasteiger partial charge on any atom is 0.373 e. The van der Waals surface area contributed by atoms with Gasteiger partial charge in [-0.1, -0.05) is 55.0 Å². The quantitative estimate of drug-likeness (QED) is 0.306. The van der Waals surface area contributed by atoms with Gasteiger partial charge in [0.25, 0.3) is 0 Å². The molecule has 6 heteroatoms. The van der Waals surface area contributed by atoms with Crippen LogP contribution in [-0.4, -0.2) is 18.2 Å². The van der Waals surface area contributed by atoms with Crippen molar-refractivity contribution in [1.82, 2.24) is 0 Å². The average molecular weight is 393 g/mol. The van der Waals surface area contributed by atoms with Crippen molar-refractivity contribution >= 4 is 23.5 Å². The molecular weight excluding hydrogens is 367 g/mol. The molecule has 1 atom stereocenters. The first-order chi connectivity index (χ1) is 10.4. The smallest absolute Gasteiger partial charge is 0.373 e. The van der Waals surface area contributed by atoms with Gasteiger partial charge in [-0.2, -0.15) is 0 Å². The van der Waals surface area contributed by atoms with E-state index in [1.54, 1.807) is 12.1 Å². The first-order valence-electron chi connectivity index (χ1n) is 7.77. The first-order valence-corrected chi connectivity index (χ1v) is 10.9. The Balaban J connectivity index is 2.48. The van der Waals surface area contributed by atoms with Gasteiger partial charge in [0.1, 0.15) is 11.5 Å². The van der Waals surface area contributed by atoms with Crippen molar-refractivity contribution < 1.29 is 18.7 Å². The summed E-state index contributed by atoms with van der Waals surface area (Å²) in [5, 5.41) is 0.636. The second kappa shape index (κ2) is 10.3. The molecule has 1 rings (SSSR count). The molecule has 0 aliphatic heterocycles. The maximum atomic E-state index is 11.4. The van der Waals surface area contributed by atoms with Crippen LogP contribution in [0.15, 0.2) is 18.2 Å². The van der Waals surface area contributed by atoms with E-state index in [2.05, 4.69) is 22.9 Å². The number of benzene rings is 1. The summed E-state index contributed by atoms with van der Waals surface area (Å²) < 4.78 is 22.2. The molecule has 4 nitrogen and oxygen atoms in total. The van der Waals surface area contributed by atoms with Crippen LogP contribution < -0.4 is 9.26 Å². The Kier molecular flexibility index (Phi) is 9.15. The summed E-state index contributed by atoms with van der Waals surface area (Å²) in [6.45, 7) is 4.03. The van der Waals surface area contributed by atoms with E-state index >= 15 is 0 Å². The van der Waals surface area contributed by atoms with E-state index in [1.165, 1.54) is 38.8 Å². The van der Waals surface area contributed by atoms with E-state index in [-0.39, 0.29) is 0 Å². The monoisotopic (exact) mass is 392 g/mol. The second-order valence-corrected chi connectivity index (χ2v) is 7.81. The molecule has 22 heavy (non-hydrogen) atoms. The van der Waals surface area contributed by atoms with Crippen molar-refractivity contribution in [2.75, 3.05) is 13.3 Å². The minimum atomic E-state index is -3.56. The molecule has 0 saturated heterocycles. The predicted molar refractivity (Wildman–Crippen MR) is 94.3 cm³/mol. The van der Waals surface area contributed by atoms with Gasteiger partial charge in [0.2, 0.25) is 0 Å². The lowest BCUT2D eigenvalue weighted by Gasteiger charge is -2.13. The molecule has 126 valence electrons. The van der Waals surface area contributed by atoms with Gasteiger partial charge in [-0.15, -0.1) is 0 Å². The van der Waals surface area contributed by atoms with Crippen LogP contribution in [-0.2, 0) is 9.90 Å². The van der Waals surface area contributed by atoms with Crippen LogP contribution in [0.2, 0.25) is 0 Å². The maximum absolute atomic E-state index is 11.4. The van der Waals surface area contributed by atoms with Crippen LogP contribution in [0.3, 0.4) is 0 Å². The van der Waals surface area contributed by atoms with E-state index in [0.717, 1.165) is 12.0 Å². The van der Waals surface area contributed by atoms with Crippen molar-refractivity contribution in [1.29, 1.82) is 0 Å². The van der Waals surface area contributed by atoms with Crippen molar-refractivity contribution in [2.45, 2.75) is 50.8 Å². The van der Waals surface area contributed by atoms with Crippen molar-refractivity contribution in [3.05, 3.63) is 23.8 Å². The van der Waals surface area contributed by atoms with Gasteiger partial charge in [0, 0.05) is 18.1 Å². The highest BCUT2D eigenvalue weighted by atomic mass is 79.9. The van der Waals surface area contributed by atoms with E-state index in [1.807, 2.05) is 6.07 Å². The van der Waals surface area contributed by atoms with Crippen LogP contribution in [0.25, 0.3) is 0 Å². The fourth-order valence-corrected chi connectivity index (χ4v) is 2.93. The molecule has 0 saturated carbocycles. The van der Waals surface area contributed by atoms with E-state index in [4.69, 9.17) is 9.26 Å². The third-order valence-electron chi connectivity index (χ3n) is 3.14. The topological polar surface area (TPSA) is 55.8 Å². The standard InChI is InChI=1S/C16H26BrO4P/c1-3-4-5-6-7-8-9-20-15-10-14(13-17)11-16(12-15)21-22(2,18)19/h10-12H,3-9,13H2,1-2H3,(H,18,19). The summed E-state index contributed by atoms with van der Waals surface area (Å²) in [5.74, 6) is 1.04. The SMILES string of the molecule is CCCCCCCCOc1cc(CBr)cc(OP(C)(=O)O)c1. The molecule has 0 bridgehead atoms. The van der Waals surface area contributed by atoms with Crippen molar-refractivity contribution in [2.24, 2.45) is 0 Å². The molecule has 0 aromatic heterocycles. The van der Waals surface area contributed by atoms with E-state index in [9.17, 15) is 9.46 Å². The van der Waals surface area contributed by atoms with Crippen LogP contribution in [0.1, 0.15) is 51.0 Å². The van der Waals surface area contributed by atoms with Gasteiger partial charge >= 0.3 is 7.60 Å². The Morgan fingerprint density at radius 2 is 1.73 bits per heavy atom. The Hall–Kier alpha value is -0.510. The number of alkyl halides is 1. The van der Waals surface area contributed by atoms with E-state index in [0.29, 0.717) is 23.4 Å². The largest absolute Gasteiger partial charge is 0.493 e. The highest BCUT2D eigenvalue weighted by Crippen LogP contribution is 2.39. The second-order valence-electron chi connectivity index (χ2n) is 5.46. The molecule has 0 spiro atoms. The lowest BCUT2D eigenvalue weighted by molar-refractivity contribution is 0.303. The number of ether oxygens (including phenoxy) is 1. The molecule has 0 heterocycles. The lowest BCUT2D eigenvalue weighted by atomic mass is 10.1. The summed E-state index contributed by atoms with van der Waals surface area (Å²) in [7, 11) is -3.56. The molecule has 1 aromatic rings. The van der Waals surface area contributed by atoms with Crippen LogP contribution in [0, 0.1) is 0 Å². The van der Waals surface area contributed by atoms with Gasteiger partial charge in [0.15, 0.2) is 0 Å². The summed E-state index contributed by atoms with van der Waals surface area (Å²) >= 11 is 3.38. The molecule has 0 fully saturated rings. The fraction of sp³-hybridized carbons (Fsp3) is 0.625. The number of unbranched alkanes of at least 4 members (excludes halogenated alkanes) is 5. The highest BCUT2D eigenvalue weighted by molar-refractivity contribution is 9.08. The molecule has 1 unspecified atom stereocenters. The van der Waals surface area contributed by atoms with Gasteiger partial charge in [-0.25, -0.2) is 4.57 Å². The fourth-order valence-electron chi connectivity index (χ4n) is 2.11. The number of hydrogen-bond acceptors (Lipinski definition) is 3. The number of hydrogen-bond donors (Lipinski definition) is 1. The zero-order chi connectivity index (χ0) is 16.4. The van der Waals surface area contributed by atoms with Gasteiger partial charge in [-0.3, -0.25) is 0 Å². The van der Waals surface area contributed by atoms with Crippen LogP contribution in [0.4, 0.5) is 0 Å². The van der Waals surface area contributed by atoms with Crippen molar-refractivity contribution in [3.63, 3.8) is 0 Å². The summed E-state index contributed by atoms with van der Waals surface area (Å²) in [4.78, 5) is 9.32. The number of rotatable bonds is 11. The molecule has 1 N–H and O–H groups in total. The minimum Gasteiger partial charge on any atom is -0.493 e. The molecule has 1 aromatic carbocycles. The van der Waals surface area contributed by atoms with Gasteiger partial charge in [0.05, 0.1) is 6.61 Å². The Bertz CT molecular complexity index is 487. The van der Waals surface area contributed by atoms with Gasteiger partial charge in [-0.05, 0) is 24.1 Å². The van der Waals surface area contributed by atoms with Crippen LogP contribution >= 0.6 is 23.5 Å². The summed E-state index contributed by atoms with van der Waals surface area (Å²) in [6.07, 6.45) is 7.28. The number of halogens is 1. The summed E-state index contributed by atoms with van der Waals surface area (Å²) in [5.41, 5.74) is 0.948. The van der Waals surface area contributed by atoms with Crippen LogP contribution in [0.5, 0.6) is 11.5 Å². The third kappa shape index (κ3) is 8.82. The minimum absolute atomic E-state index is 0.364. The molecule has 0 aliphatic rings. The van der Waals surface area contributed by atoms with Crippen molar-refractivity contribution in [3.8, 4) is 11.5 Å². The average Bonchev–Trinajstić information content (AvgIpc) is 2.44. The molecule has 0 amide bonds. The molecular formula is C16H26BrO4P. The first kappa shape index (κ1) is 19.5. The Morgan fingerprint density at radius 3 is 2.36 bits per heavy atom. The normalized spacial score (nSPS) is 13.6. The van der Waals surface area contributed by atoms with Gasteiger partial charge < -0.3 is 14.2 Å². The Labute approximate surface area is 141 Å². The Morgan fingerprint density at radius 1 is 1.09 bits per heavy atom. The predicted octanol–water partition coefficient (Wildman–Crippen LogP) is 5.51. The zero-order valence-electron chi connectivity index (χ0n) is 13.4. The zero-order valence-corrected chi connectivity index (χ0v) is 15.9. The van der Waals surface area contributed by atoms with E-state index < -0.39 is 7.60 Å². The highest BCUT2D eigenvalue weighted by Gasteiger charge is 2.13. The molecule has 0 radical (unpaired) electrons.